The Bertz CT molecular complexity index is 1000. The summed E-state index contributed by atoms with van der Waals surface area (Å²) in [5.74, 6) is 2.44. The Hall–Kier alpha value is -2.76. The molecule has 4 rings (SSSR count). The lowest BCUT2D eigenvalue weighted by atomic mass is 9.87. The zero-order chi connectivity index (χ0) is 18.3. The summed E-state index contributed by atoms with van der Waals surface area (Å²) in [4.78, 5) is 9.50. The fourth-order valence-electron chi connectivity index (χ4n) is 3.13. The van der Waals surface area contributed by atoms with Gasteiger partial charge in [0, 0.05) is 12.0 Å². The molecule has 6 heteroatoms. The Balaban J connectivity index is 1.82. The lowest BCUT2D eigenvalue weighted by molar-refractivity contribution is 0.590. The molecule has 0 bridgehead atoms. The second-order valence-corrected chi connectivity index (χ2v) is 7.77. The third-order valence-corrected chi connectivity index (χ3v) is 4.74. The Morgan fingerprint density at radius 3 is 2.54 bits per heavy atom. The lowest BCUT2D eigenvalue weighted by Gasteiger charge is -2.18. The van der Waals surface area contributed by atoms with Crippen LogP contribution in [0.15, 0.2) is 30.5 Å². The number of H-pyrrole nitrogens is 1. The first-order valence-corrected chi connectivity index (χ1v) is 9.17. The first-order valence-electron chi connectivity index (χ1n) is 9.17. The average Bonchev–Trinajstić information content (AvgIpc) is 3.25. The molecule has 1 aromatic carbocycles. The number of unbranched alkanes of at least 4 members (excludes halogenated alkanes) is 1. The zero-order valence-electron chi connectivity index (χ0n) is 15.7. The molecular formula is C20H24N6. The van der Waals surface area contributed by atoms with Gasteiger partial charge in [0.25, 0.3) is 0 Å². The first kappa shape index (κ1) is 16.7. The minimum atomic E-state index is 0.136. The van der Waals surface area contributed by atoms with Crippen molar-refractivity contribution in [3.63, 3.8) is 0 Å². The van der Waals surface area contributed by atoms with Gasteiger partial charge < -0.3 is 0 Å². The molecule has 2 aliphatic heterocycles. The molecule has 6 nitrogen and oxygen atoms in total. The minimum Gasteiger partial charge on any atom is -0.274 e. The van der Waals surface area contributed by atoms with Gasteiger partial charge in [0.2, 0.25) is 0 Å². The van der Waals surface area contributed by atoms with Crippen molar-refractivity contribution in [2.24, 2.45) is 0 Å². The zero-order valence-corrected chi connectivity index (χ0v) is 15.7. The third-order valence-electron chi connectivity index (χ3n) is 4.74. The van der Waals surface area contributed by atoms with E-state index in [4.69, 9.17) is 4.98 Å². The van der Waals surface area contributed by atoms with Crippen LogP contribution in [-0.2, 0) is 11.8 Å². The van der Waals surface area contributed by atoms with Gasteiger partial charge in [-0.2, -0.15) is 5.10 Å². The van der Waals surface area contributed by atoms with Crippen molar-refractivity contribution in [2.45, 2.75) is 52.4 Å². The number of hydrogen-bond acceptors (Lipinski definition) is 4. The highest BCUT2D eigenvalue weighted by atomic mass is 15.3. The van der Waals surface area contributed by atoms with Crippen molar-refractivity contribution >= 4 is 5.65 Å². The number of aromatic nitrogens is 6. The molecule has 0 atom stereocenters. The van der Waals surface area contributed by atoms with Crippen LogP contribution in [0.1, 0.15) is 51.9 Å². The van der Waals surface area contributed by atoms with Crippen LogP contribution in [0.25, 0.3) is 28.4 Å². The van der Waals surface area contributed by atoms with Gasteiger partial charge in [-0.3, -0.25) is 5.10 Å². The fraction of sp³-hybridized carbons (Fsp3) is 0.400. The molecule has 0 fully saturated rings. The third kappa shape index (κ3) is 2.85. The van der Waals surface area contributed by atoms with Crippen LogP contribution in [-0.4, -0.2) is 29.8 Å². The van der Waals surface area contributed by atoms with Crippen LogP contribution in [0, 0.1) is 0 Å². The Kier molecular flexibility index (Phi) is 3.98. The fourth-order valence-corrected chi connectivity index (χ4v) is 3.13. The Morgan fingerprint density at radius 2 is 1.85 bits per heavy atom. The standard InChI is InChI=1S/C20H24N6/c1-5-6-7-16-22-18-15(12-21-24-18)19-23-17(25-26(16)19)13-8-10-14(11-9-13)20(2,3)4/h8-12H,5-7H2,1-4H3,(H,23,25). The van der Waals surface area contributed by atoms with E-state index in [1.165, 1.54) is 5.56 Å². The van der Waals surface area contributed by atoms with E-state index in [1.54, 1.807) is 6.20 Å². The summed E-state index contributed by atoms with van der Waals surface area (Å²) in [6.07, 6.45) is 4.80. The summed E-state index contributed by atoms with van der Waals surface area (Å²) in [6, 6.07) is 8.59. The number of benzene rings is 1. The van der Waals surface area contributed by atoms with Gasteiger partial charge in [0.15, 0.2) is 17.3 Å². The monoisotopic (exact) mass is 348 g/mol. The van der Waals surface area contributed by atoms with Crippen molar-refractivity contribution in [1.29, 1.82) is 0 Å². The van der Waals surface area contributed by atoms with Crippen molar-refractivity contribution in [3.05, 3.63) is 41.9 Å². The molecule has 3 heterocycles. The number of hydrogen-bond donors (Lipinski definition) is 1. The van der Waals surface area contributed by atoms with Gasteiger partial charge in [-0.25, -0.2) is 14.5 Å². The summed E-state index contributed by atoms with van der Waals surface area (Å²) >= 11 is 0. The highest BCUT2D eigenvalue weighted by molar-refractivity contribution is 5.74. The van der Waals surface area contributed by atoms with E-state index in [9.17, 15) is 0 Å². The van der Waals surface area contributed by atoms with E-state index in [1.807, 2.05) is 4.52 Å². The SMILES string of the molecule is CCCCc1nc2nncc-2c2nc(-c3ccc(C(C)(C)C)cc3)[nH]n12. The van der Waals surface area contributed by atoms with Crippen molar-refractivity contribution in [1.82, 2.24) is 29.8 Å². The van der Waals surface area contributed by atoms with Gasteiger partial charge in [0.05, 0.1) is 11.8 Å². The lowest BCUT2D eigenvalue weighted by Crippen LogP contribution is -2.10. The molecule has 0 amide bonds. The number of aryl methyl sites for hydroxylation is 1. The summed E-state index contributed by atoms with van der Waals surface area (Å²) in [7, 11) is 0. The molecule has 26 heavy (non-hydrogen) atoms. The maximum absolute atomic E-state index is 4.83. The van der Waals surface area contributed by atoms with E-state index < -0.39 is 0 Å². The molecule has 2 aromatic rings. The summed E-state index contributed by atoms with van der Waals surface area (Å²) in [5.41, 5.74) is 4.21. The van der Waals surface area contributed by atoms with Crippen LogP contribution < -0.4 is 0 Å². The number of fused-ring (bicyclic) bond motifs is 3. The first-order chi connectivity index (χ1) is 12.5. The molecule has 0 radical (unpaired) electrons. The molecule has 2 aliphatic rings. The van der Waals surface area contributed by atoms with Gasteiger partial charge in [-0.1, -0.05) is 58.4 Å². The number of rotatable bonds is 4. The Morgan fingerprint density at radius 1 is 1.08 bits per heavy atom. The van der Waals surface area contributed by atoms with Gasteiger partial charge in [0.1, 0.15) is 5.82 Å². The van der Waals surface area contributed by atoms with Crippen molar-refractivity contribution < 1.29 is 0 Å². The second kappa shape index (κ2) is 6.20. The quantitative estimate of drug-likeness (QED) is 0.598. The Labute approximate surface area is 153 Å². The average molecular weight is 348 g/mol. The van der Waals surface area contributed by atoms with Gasteiger partial charge >= 0.3 is 0 Å². The van der Waals surface area contributed by atoms with Crippen LogP contribution in [0.3, 0.4) is 0 Å². The maximum Gasteiger partial charge on any atom is 0.188 e. The summed E-state index contributed by atoms with van der Waals surface area (Å²) in [5, 5.41) is 11.6. The van der Waals surface area contributed by atoms with E-state index >= 15 is 0 Å². The predicted octanol–water partition coefficient (Wildman–Crippen LogP) is 4.26. The molecule has 134 valence electrons. The largest absolute Gasteiger partial charge is 0.274 e. The number of aromatic amines is 1. The van der Waals surface area contributed by atoms with Crippen LogP contribution in [0.5, 0.6) is 0 Å². The highest BCUT2D eigenvalue weighted by Gasteiger charge is 2.19. The van der Waals surface area contributed by atoms with Crippen LogP contribution in [0.2, 0.25) is 0 Å². The normalized spacial score (nSPS) is 12.3. The molecule has 1 aromatic heterocycles. The molecular weight excluding hydrogens is 324 g/mol. The minimum absolute atomic E-state index is 0.136. The molecule has 0 unspecified atom stereocenters. The number of nitrogens with one attached hydrogen (secondary N) is 1. The van der Waals surface area contributed by atoms with E-state index in [-0.39, 0.29) is 5.41 Å². The predicted molar refractivity (Wildman–Crippen MR) is 102 cm³/mol. The molecule has 0 spiro atoms. The smallest absolute Gasteiger partial charge is 0.188 e. The topological polar surface area (TPSA) is 71.8 Å². The second-order valence-electron chi connectivity index (χ2n) is 7.77. The van der Waals surface area contributed by atoms with Crippen molar-refractivity contribution in [2.75, 3.05) is 0 Å². The van der Waals surface area contributed by atoms with Crippen molar-refractivity contribution in [3.8, 4) is 22.8 Å². The van der Waals surface area contributed by atoms with E-state index in [0.29, 0.717) is 5.82 Å². The van der Waals surface area contributed by atoms with E-state index in [2.05, 4.69) is 72.2 Å². The maximum atomic E-state index is 4.83. The van der Waals surface area contributed by atoms with Gasteiger partial charge in [-0.05, 0) is 17.4 Å². The molecule has 1 N–H and O–H groups in total. The summed E-state index contributed by atoms with van der Waals surface area (Å²) in [6.45, 7) is 8.84. The summed E-state index contributed by atoms with van der Waals surface area (Å²) < 4.78 is 1.98. The van der Waals surface area contributed by atoms with E-state index in [0.717, 1.165) is 47.7 Å². The molecule has 0 saturated carbocycles. The van der Waals surface area contributed by atoms with Gasteiger partial charge in [-0.15, -0.1) is 5.10 Å². The number of nitrogens with zero attached hydrogens (tertiary/aromatic N) is 5. The van der Waals surface area contributed by atoms with Crippen LogP contribution in [0.4, 0.5) is 0 Å². The molecule has 0 aliphatic carbocycles. The highest BCUT2D eigenvalue weighted by Crippen LogP contribution is 2.28. The van der Waals surface area contributed by atoms with Crippen LogP contribution >= 0.6 is 0 Å². The molecule has 0 saturated heterocycles.